The summed E-state index contributed by atoms with van der Waals surface area (Å²) in [6.45, 7) is 1.20. The third-order valence-corrected chi connectivity index (χ3v) is 5.41. The molecule has 0 bridgehead atoms. The lowest BCUT2D eigenvalue weighted by atomic mass is 10.2. The zero-order chi connectivity index (χ0) is 21.4. The molecule has 0 radical (unpaired) electrons. The number of hydrogen-bond acceptors (Lipinski definition) is 6. The molecular formula is C19H18ClN3O5S. The number of hydrogen-bond donors (Lipinski definition) is 2. The fourth-order valence-electron chi connectivity index (χ4n) is 2.20. The third-order valence-electron chi connectivity index (χ3n) is 3.68. The van der Waals surface area contributed by atoms with Gasteiger partial charge >= 0.3 is 5.97 Å². The van der Waals surface area contributed by atoms with Gasteiger partial charge in [-0.15, -0.1) is 0 Å². The van der Waals surface area contributed by atoms with Crippen LogP contribution < -0.4 is 10.0 Å². The number of nitrogens with one attached hydrogen (secondary N) is 2. The van der Waals surface area contributed by atoms with E-state index in [1.807, 2.05) is 6.07 Å². The summed E-state index contributed by atoms with van der Waals surface area (Å²) in [7, 11) is -3.79. The Bertz CT molecular complexity index is 1030. The first kappa shape index (κ1) is 22.4. The highest BCUT2D eigenvalue weighted by Gasteiger charge is 2.19. The molecule has 0 aliphatic rings. The van der Waals surface area contributed by atoms with Crippen molar-refractivity contribution in [3.8, 4) is 6.07 Å². The van der Waals surface area contributed by atoms with Crippen molar-refractivity contribution in [2.45, 2.75) is 24.3 Å². The maximum Gasteiger partial charge on any atom is 0.307 e. The fraction of sp³-hybridized carbons (Fsp3) is 0.211. The Labute approximate surface area is 173 Å². The molecule has 10 heteroatoms. The number of ether oxygens (including phenoxy) is 1. The molecule has 0 saturated carbocycles. The van der Waals surface area contributed by atoms with Gasteiger partial charge in [0.15, 0.2) is 6.10 Å². The van der Waals surface area contributed by atoms with Gasteiger partial charge in [0, 0.05) is 17.3 Å². The number of esters is 1. The maximum atomic E-state index is 12.1. The van der Waals surface area contributed by atoms with Crippen molar-refractivity contribution in [1.82, 2.24) is 4.72 Å². The minimum atomic E-state index is -3.79. The van der Waals surface area contributed by atoms with Gasteiger partial charge in [0.05, 0.1) is 22.9 Å². The maximum absolute atomic E-state index is 12.1. The molecule has 0 aromatic heterocycles. The van der Waals surface area contributed by atoms with Gasteiger partial charge in [0.2, 0.25) is 10.0 Å². The van der Waals surface area contributed by atoms with Crippen LogP contribution >= 0.6 is 11.6 Å². The highest BCUT2D eigenvalue weighted by atomic mass is 35.5. The van der Waals surface area contributed by atoms with Crippen LogP contribution in [-0.2, 0) is 24.3 Å². The first-order valence-corrected chi connectivity index (χ1v) is 10.3. The van der Waals surface area contributed by atoms with E-state index in [0.29, 0.717) is 16.3 Å². The number of carbonyl (C=O) groups excluding carboxylic acids is 2. The number of rotatable bonds is 8. The molecule has 2 rings (SSSR count). The lowest BCUT2D eigenvalue weighted by molar-refractivity contribution is -0.152. The Morgan fingerprint density at radius 1 is 1.21 bits per heavy atom. The van der Waals surface area contributed by atoms with Crippen LogP contribution in [0.5, 0.6) is 0 Å². The number of anilines is 1. The molecule has 1 amide bonds. The summed E-state index contributed by atoms with van der Waals surface area (Å²) in [5.74, 6) is -1.31. The normalized spacial score (nSPS) is 11.9. The standard InChI is InChI=1S/C19H18ClN3O5S/c1-13(19(25)23-16-4-2-3-14(11-16)12-21)28-18(24)9-10-22-29(26,27)17-7-5-15(20)6-8-17/h2-8,11,13,22H,9-10H2,1H3,(H,23,25). The molecule has 2 N–H and O–H groups in total. The second kappa shape index (κ2) is 10.0. The molecule has 29 heavy (non-hydrogen) atoms. The van der Waals surface area contributed by atoms with Gasteiger partial charge in [0.1, 0.15) is 0 Å². The number of halogens is 1. The molecule has 0 aliphatic heterocycles. The van der Waals surface area contributed by atoms with E-state index in [4.69, 9.17) is 21.6 Å². The molecule has 2 aromatic rings. The zero-order valence-corrected chi connectivity index (χ0v) is 17.0. The summed E-state index contributed by atoms with van der Waals surface area (Å²) in [6, 6.07) is 13.8. The minimum absolute atomic E-state index is 0.0163. The Kier molecular flexibility index (Phi) is 7.73. The highest BCUT2D eigenvalue weighted by Crippen LogP contribution is 2.14. The Balaban J connectivity index is 1.81. The largest absolute Gasteiger partial charge is 0.452 e. The van der Waals surface area contributed by atoms with Crippen molar-refractivity contribution in [3.63, 3.8) is 0 Å². The van der Waals surface area contributed by atoms with Crippen molar-refractivity contribution >= 4 is 39.2 Å². The Hall–Kier alpha value is -2.93. The summed E-state index contributed by atoms with van der Waals surface area (Å²) in [6.07, 6.45) is -1.35. The van der Waals surface area contributed by atoms with Crippen LogP contribution in [0.3, 0.4) is 0 Å². The first-order chi connectivity index (χ1) is 13.7. The molecule has 0 spiro atoms. The van der Waals surface area contributed by atoms with Crippen LogP contribution in [0.4, 0.5) is 5.69 Å². The van der Waals surface area contributed by atoms with Crippen molar-refractivity contribution in [2.75, 3.05) is 11.9 Å². The zero-order valence-electron chi connectivity index (χ0n) is 15.4. The predicted molar refractivity (Wildman–Crippen MR) is 107 cm³/mol. The van der Waals surface area contributed by atoms with Gasteiger partial charge in [-0.25, -0.2) is 13.1 Å². The van der Waals surface area contributed by atoms with Crippen LogP contribution in [0.15, 0.2) is 53.4 Å². The second-order valence-corrected chi connectivity index (χ2v) is 8.12. The Morgan fingerprint density at radius 2 is 1.90 bits per heavy atom. The summed E-state index contributed by atoms with van der Waals surface area (Å²) >= 11 is 5.72. The topological polar surface area (TPSA) is 125 Å². The number of nitriles is 1. The van der Waals surface area contributed by atoms with Crippen molar-refractivity contribution < 1.29 is 22.7 Å². The van der Waals surface area contributed by atoms with Crippen LogP contribution in [0.25, 0.3) is 0 Å². The number of sulfonamides is 1. The summed E-state index contributed by atoms with van der Waals surface area (Å²) in [4.78, 5) is 24.0. The number of carbonyl (C=O) groups is 2. The summed E-state index contributed by atoms with van der Waals surface area (Å²) < 4.78 is 31.5. The molecular weight excluding hydrogens is 418 g/mol. The predicted octanol–water partition coefficient (Wildman–Crippen LogP) is 2.45. The molecule has 152 valence electrons. The van der Waals surface area contributed by atoms with Gasteiger partial charge in [-0.2, -0.15) is 5.26 Å². The molecule has 0 heterocycles. The van der Waals surface area contributed by atoms with E-state index in [-0.39, 0.29) is 17.9 Å². The smallest absolute Gasteiger partial charge is 0.307 e. The van der Waals surface area contributed by atoms with E-state index < -0.39 is 28.0 Å². The van der Waals surface area contributed by atoms with Gasteiger partial charge in [-0.05, 0) is 49.4 Å². The molecule has 1 atom stereocenters. The second-order valence-electron chi connectivity index (χ2n) is 5.92. The van der Waals surface area contributed by atoms with E-state index in [9.17, 15) is 18.0 Å². The molecule has 0 saturated heterocycles. The lowest BCUT2D eigenvalue weighted by Gasteiger charge is -2.14. The van der Waals surface area contributed by atoms with E-state index in [1.54, 1.807) is 18.2 Å². The quantitative estimate of drug-likeness (QED) is 0.613. The lowest BCUT2D eigenvalue weighted by Crippen LogP contribution is -2.32. The average molecular weight is 436 g/mol. The van der Waals surface area contributed by atoms with Crippen LogP contribution in [0, 0.1) is 11.3 Å². The van der Waals surface area contributed by atoms with E-state index >= 15 is 0 Å². The molecule has 1 unspecified atom stereocenters. The number of nitrogens with zero attached hydrogens (tertiary/aromatic N) is 1. The Morgan fingerprint density at radius 3 is 2.55 bits per heavy atom. The molecule has 2 aromatic carbocycles. The van der Waals surface area contributed by atoms with Gasteiger partial charge in [-0.3, -0.25) is 9.59 Å². The minimum Gasteiger partial charge on any atom is -0.452 e. The van der Waals surface area contributed by atoms with Gasteiger partial charge in [-0.1, -0.05) is 17.7 Å². The van der Waals surface area contributed by atoms with Crippen molar-refractivity contribution in [2.24, 2.45) is 0 Å². The van der Waals surface area contributed by atoms with Crippen LogP contribution in [0.1, 0.15) is 18.9 Å². The SMILES string of the molecule is CC(OC(=O)CCNS(=O)(=O)c1ccc(Cl)cc1)C(=O)Nc1cccc(C#N)c1. The summed E-state index contributed by atoms with van der Waals surface area (Å²) in [5, 5.41) is 11.8. The van der Waals surface area contributed by atoms with Crippen molar-refractivity contribution in [1.29, 1.82) is 5.26 Å². The van der Waals surface area contributed by atoms with Gasteiger partial charge in [0.25, 0.3) is 5.91 Å². The first-order valence-electron chi connectivity index (χ1n) is 8.47. The number of amides is 1. The van der Waals surface area contributed by atoms with E-state index in [0.717, 1.165) is 0 Å². The molecule has 0 fully saturated rings. The van der Waals surface area contributed by atoms with Crippen molar-refractivity contribution in [3.05, 3.63) is 59.1 Å². The average Bonchev–Trinajstić information content (AvgIpc) is 2.68. The highest BCUT2D eigenvalue weighted by molar-refractivity contribution is 7.89. The monoisotopic (exact) mass is 435 g/mol. The fourth-order valence-corrected chi connectivity index (χ4v) is 3.36. The van der Waals surface area contributed by atoms with Crippen LogP contribution in [-0.4, -0.2) is 32.9 Å². The van der Waals surface area contributed by atoms with E-state index in [1.165, 1.54) is 37.3 Å². The summed E-state index contributed by atoms with van der Waals surface area (Å²) in [5.41, 5.74) is 0.771. The molecule has 8 nitrogen and oxygen atoms in total. The van der Waals surface area contributed by atoms with Crippen LogP contribution in [0.2, 0.25) is 5.02 Å². The molecule has 0 aliphatic carbocycles. The van der Waals surface area contributed by atoms with Gasteiger partial charge < -0.3 is 10.1 Å². The number of benzene rings is 2. The van der Waals surface area contributed by atoms with E-state index in [2.05, 4.69) is 10.0 Å². The third kappa shape index (κ3) is 6.87.